The fourth-order valence-electron chi connectivity index (χ4n) is 1.26. The Labute approximate surface area is 121 Å². The summed E-state index contributed by atoms with van der Waals surface area (Å²) in [6.07, 6.45) is -4.92. The molecule has 1 rings (SSSR count). The van der Waals surface area contributed by atoms with Crippen molar-refractivity contribution in [2.24, 2.45) is 5.73 Å². The van der Waals surface area contributed by atoms with Crippen molar-refractivity contribution in [3.63, 3.8) is 0 Å². The van der Waals surface area contributed by atoms with E-state index in [2.05, 4.69) is 12.2 Å². The second kappa shape index (κ2) is 6.48. The van der Waals surface area contributed by atoms with E-state index in [0.29, 0.717) is 12.1 Å². The molecule has 0 fully saturated rings. The van der Waals surface area contributed by atoms with Gasteiger partial charge in [0.25, 0.3) is 0 Å². The van der Waals surface area contributed by atoms with Crippen molar-refractivity contribution in [3.8, 4) is 0 Å². The number of carbonyl (C=O) groups is 2. The monoisotopic (exact) mass is 323 g/mol. The predicted octanol–water partition coefficient (Wildman–Crippen LogP) is 1.19. The molecule has 0 bridgehead atoms. The Balaban J connectivity index is 2.82. The van der Waals surface area contributed by atoms with E-state index in [1.54, 1.807) is 0 Å². The molecule has 0 aromatic heterocycles. The van der Waals surface area contributed by atoms with Crippen molar-refractivity contribution in [3.05, 3.63) is 29.6 Å². The van der Waals surface area contributed by atoms with Crippen LogP contribution in [-0.2, 0) is 15.8 Å². The highest BCUT2D eigenvalue weighted by molar-refractivity contribution is 7.80. The lowest BCUT2D eigenvalue weighted by molar-refractivity contribution is -0.140. The standard InChI is InChI=1S/C11H9F4N3O2S/c12-7-2-1-5(3-6(7)11(13,14)15)18-10(20)9(19)17-4-8(16)21/h1-3H,4H2,(H2,16,21)(H,17,19)(H,18,20). The number of hydrogen-bond acceptors (Lipinski definition) is 3. The van der Waals surface area contributed by atoms with Crippen LogP contribution in [-0.4, -0.2) is 23.3 Å². The first-order chi connectivity index (χ1) is 9.61. The predicted molar refractivity (Wildman–Crippen MR) is 69.8 cm³/mol. The molecule has 21 heavy (non-hydrogen) atoms. The zero-order chi connectivity index (χ0) is 16.2. The molecule has 0 spiro atoms. The number of halogens is 4. The average molecular weight is 323 g/mol. The first kappa shape index (κ1) is 16.8. The summed E-state index contributed by atoms with van der Waals surface area (Å²) in [5.74, 6) is -3.86. The van der Waals surface area contributed by atoms with Gasteiger partial charge in [0.15, 0.2) is 0 Å². The highest BCUT2D eigenvalue weighted by atomic mass is 32.1. The minimum Gasteiger partial charge on any atom is -0.392 e. The summed E-state index contributed by atoms with van der Waals surface area (Å²) in [5, 5.41) is 3.95. The number of carbonyl (C=O) groups excluding carboxylic acids is 2. The molecule has 0 aliphatic heterocycles. The Kier molecular flexibility index (Phi) is 5.19. The Morgan fingerprint density at radius 1 is 1.24 bits per heavy atom. The molecule has 0 saturated heterocycles. The number of benzene rings is 1. The van der Waals surface area contributed by atoms with E-state index >= 15 is 0 Å². The van der Waals surface area contributed by atoms with Gasteiger partial charge in [-0.15, -0.1) is 0 Å². The highest BCUT2D eigenvalue weighted by Crippen LogP contribution is 2.32. The van der Waals surface area contributed by atoms with Crippen LogP contribution in [0.15, 0.2) is 18.2 Å². The van der Waals surface area contributed by atoms with Gasteiger partial charge in [0.05, 0.1) is 17.1 Å². The molecule has 0 radical (unpaired) electrons. The lowest BCUT2D eigenvalue weighted by atomic mass is 10.2. The second-order valence-electron chi connectivity index (χ2n) is 3.80. The van der Waals surface area contributed by atoms with Crippen molar-refractivity contribution < 1.29 is 27.2 Å². The van der Waals surface area contributed by atoms with E-state index in [-0.39, 0.29) is 17.2 Å². The first-order valence-corrected chi connectivity index (χ1v) is 5.76. The van der Waals surface area contributed by atoms with E-state index in [9.17, 15) is 27.2 Å². The molecule has 1 aromatic rings. The van der Waals surface area contributed by atoms with Gasteiger partial charge in [-0.1, -0.05) is 12.2 Å². The van der Waals surface area contributed by atoms with Crippen LogP contribution < -0.4 is 16.4 Å². The molecule has 5 nitrogen and oxygen atoms in total. The number of thiocarbonyl (C=S) groups is 1. The molecule has 114 valence electrons. The van der Waals surface area contributed by atoms with Crippen molar-refractivity contribution in [1.82, 2.24) is 5.32 Å². The molecular formula is C11H9F4N3O2S. The van der Waals surface area contributed by atoms with E-state index < -0.39 is 29.4 Å². The van der Waals surface area contributed by atoms with Crippen LogP contribution in [0, 0.1) is 5.82 Å². The van der Waals surface area contributed by atoms with Gasteiger partial charge in [-0.25, -0.2) is 4.39 Å². The quantitative estimate of drug-likeness (QED) is 0.443. The third-order valence-electron chi connectivity index (χ3n) is 2.16. The molecule has 0 unspecified atom stereocenters. The lowest BCUT2D eigenvalue weighted by Gasteiger charge is -2.11. The summed E-state index contributed by atoms with van der Waals surface area (Å²) in [6.45, 7) is -0.237. The third-order valence-corrected chi connectivity index (χ3v) is 2.30. The van der Waals surface area contributed by atoms with Crippen molar-refractivity contribution >= 4 is 34.7 Å². The molecule has 0 aliphatic carbocycles. The van der Waals surface area contributed by atoms with Gasteiger partial charge in [-0.2, -0.15) is 13.2 Å². The van der Waals surface area contributed by atoms with E-state index in [0.717, 1.165) is 6.07 Å². The van der Waals surface area contributed by atoms with Crippen LogP contribution in [0.2, 0.25) is 0 Å². The minimum atomic E-state index is -4.92. The Morgan fingerprint density at radius 2 is 1.86 bits per heavy atom. The van der Waals surface area contributed by atoms with Gasteiger partial charge < -0.3 is 16.4 Å². The first-order valence-electron chi connectivity index (χ1n) is 5.35. The summed E-state index contributed by atoms with van der Waals surface area (Å²) in [5.41, 5.74) is 3.17. The Bertz CT molecular complexity index is 589. The summed E-state index contributed by atoms with van der Waals surface area (Å²) >= 11 is 4.47. The molecule has 10 heteroatoms. The van der Waals surface area contributed by atoms with Crippen LogP contribution in [0.3, 0.4) is 0 Å². The van der Waals surface area contributed by atoms with Gasteiger partial charge in [0, 0.05) is 5.69 Å². The number of hydrogen-bond donors (Lipinski definition) is 3. The highest BCUT2D eigenvalue weighted by Gasteiger charge is 2.34. The van der Waals surface area contributed by atoms with Gasteiger partial charge in [0.2, 0.25) is 0 Å². The van der Waals surface area contributed by atoms with Gasteiger partial charge in [-0.05, 0) is 18.2 Å². The van der Waals surface area contributed by atoms with Crippen molar-refractivity contribution in [2.45, 2.75) is 6.18 Å². The normalized spacial score (nSPS) is 10.9. The van der Waals surface area contributed by atoms with Crippen LogP contribution in [0.4, 0.5) is 23.2 Å². The molecule has 4 N–H and O–H groups in total. The Morgan fingerprint density at radius 3 is 2.38 bits per heavy atom. The number of amides is 2. The summed E-state index contributed by atoms with van der Waals surface area (Å²) in [6, 6.07) is 1.81. The third kappa shape index (κ3) is 4.99. The molecule has 0 atom stereocenters. The molecule has 2 amide bonds. The average Bonchev–Trinajstić information content (AvgIpc) is 2.36. The summed E-state index contributed by atoms with van der Waals surface area (Å²) in [4.78, 5) is 22.6. The maximum atomic E-state index is 13.0. The van der Waals surface area contributed by atoms with Gasteiger partial charge in [0.1, 0.15) is 5.82 Å². The summed E-state index contributed by atoms with van der Waals surface area (Å²) < 4.78 is 50.5. The number of alkyl halides is 3. The fraction of sp³-hybridized carbons (Fsp3) is 0.182. The largest absolute Gasteiger partial charge is 0.419 e. The zero-order valence-electron chi connectivity index (χ0n) is 10.3. The number of nitrogens with two attached hydrogens (primary N) is 1. The zero-order valence-corrected chi connectivity index (χ0v) is 11.1. The van der Waals surface area contributed by atoms with E-state index in [1.165, 1.54) is 0 Å². The van der Waals surface area contributed by atoms with Crippen molar-refractivity contribution in [2.75, 3.05) is 11.9 Å². The maximum Gasteiger partial charge on any atom is 0.419 e. The number of rotatable bonds is 3. The van der Waals surface area contributed by atoms with E-state index in [1.807, 2.05) is 10.6 Å². The molecular weight excluding hydrogens is 314 g/mol. The van der Waals surface area contributed by atoms with Crippen LogP contribution in [0.5, 0.6) is 0 Å². The molecule has 1 aromatic carbocycles. The minimum absolute atomic E-state index is 0.0720. The topological polar surface area (TPSA) is 84.2 Å². The lowest BCUT2D eigenvalue weighted by Crippen LogP contribution is -2.39. The summed E-state index contributed by atoms with van der Waals surface area (Å²) in [7, 11) is 0. The van der Waals surface area contributed by atoms with Crippen LogP contribution in [0.25, 0.3) is 0 Å². The maximum absolute atomic E-state index is 13.0. The molecule has 0 saturated carbocycles. The second-order valence-corrected chi connectivity index (χ2v) is 4.32. The number of anilines is 1. The Hall–Kier alpha value is -2.23. The SMILES string of the molecule is NC(=S)CNC(=O)C(=O)Nc1ccc(F)c(C(F)(F)F)c1. The van der Waals surface area contributed by atoms with Crippen LogP contribution >= 0.6 is 12.2 Å². The van der Waals surface area contributed by atoms with Gasteiger partial charge >= 0.3 is 18.0 Å². The van der Waals surface area contributed by atoms with Crippen LogP contribution in [0.1, 0.15) is 5.56 Å². The fourth-order valence-corrected chi connectivity index (χ4v) is 1.33. The number of nitrogens with one attached hydrogen (secondary N) is 2. The van der Waals surface area contributed by atoms with Crippen molar-refractivity contribution in [1.29, 1.82) is 0 Å². The smallest absolute Gasteiger partial charge is 0.392 e. The molecule has 0 heterocycles. The van der Waals surface area contributed by atoms with E-state index in [4.69, 9.17) is 5.73 Å². The molecule has 0 aliphatic rings. The van der Waals surface area contributed by atoms with Gasteiger partial charge in [-0.3, -0.25) is 9.59 Å².